The molecule has 4 rings (SSSR count). The lowest BCUT2D eigenvalue weighted by molar-refractivity contribution is 0.533. The van der Waals surface area contributed by atoms with Crippen LogP contribution in [0.2, 0.25) is 0 Å². The first-order valence-corrected chi connectivity index (χ1v) is 7.52. The second-order valence-electron chi connectivity index (χ2n) is 6.39. The van der Waals surface area contributed by atoms with Gasteiger partial charge in [-0.3, -0.25) is 0 Å². The molecule has 0 saturated carbocycles. The maximum absolute atomic E-state index is 4.65. The topological polar surface area (TPSA) is 45.5 Å². The van der Waals surface area contributed by atoms with Gasteiger partial charge in [-0.15, -0.1) is 0 Å². The summed E-state index contributed by atoms with van der Waals surface area (Å²) in [6.07, 6.45) is 3.81. The first-order valence-electron chi connectivity index (χ1n) is 7.52. The fourth-order valence-electron chi connectivity index (χ4n) is 3.48. The van der Waals surface area contributed by atoms with E-state index in [9.17, 15) is 0 Å². The largest absolute Gasteiger partial charge is 0.354 e. The van der Waals surface area contributed by atoms with Gasteiger partial charge in [-0.05, 0) is 23.8 Å². The molecule has 2 aliphatic heterocycles. The van der Waals surface area contributed by atoms with Gasteiger partial charge >= 0.3 is 0 Å². The molecule has 2 aromatic heterocycles. The van der Waals surface area contributed by atoms with Gasteiger partial charge in [0.2, 0.25) is 0 Å². The molecule has 20 heavy (non-hydrogen) atoms. The van der Waals surface area contributed by atoms with Crippen molar-refractivity contribution in [2.45, 2.75) is 19.8 Å². The summed E-state index contributed by atoms with van der Waals surface area (Å²) in [5.41, 5.74) is 2.28. The fourth-order valence-corrected chi connectivity index (χ4v) is 3.48. The molecule has 0 spiro atoms. The van der Waals surface area contributed by atoms with Crippen LogP contribution in [0.25, 0.3) is 5.52 Å². The van der Waals surface area contributed by atoms with Crippen LogP contribution < -0.4 is 10.2 Å². The molecule has 2 fully saturated rings. The number of nitrogens with one attached hydrogen (secondary N) is 1. The van der Waals surface area contributed by atoms with Crippen molar-refractivity contribution in [1.29, 1.82) is 0 Å². The maximum Gasteiger partial charge on any atom is 0.154 e. The number of aromatic nitrogens is 3. The van der Waals surface area contributed by atoms with Crippen molar-refractivity contribution in [1.82, 2.24) is 19.9 Å². The van der Waals surface area contributed by atoms with Gasteiger partial charge in [0.1, 0.15) is 5.52 Å². The molecule has 2 saturated heterocycles. The highest BCUT2D eigenvalue weighted by Crippen LogP contribution is 2.32. The van der Waals surface area contributed by atoms with Crippen LogP contribution in [-0.2, 0) is 0 Å². The van der Waals surface area contributed by atoms with Crippen LogP contribution in [-0.4, -0.2) is 40.8 Å². The predicted molar refractivity (Wildman–Crippen MR) is 79.1 cm³/mol. The van der Waals surface area contributed by atoms with Gasteiger partial charge in [0.05, 0.1) is 5.69 Å². The van der Waals surface area contributed by atoms with E-state index in [1.165, 1.54) is 0 Å². The molecule has 4 heterocycles. The molecule has 5 nitrogen and oxygen atoms in total. The summed E-state index contributed by atoms with van der Waals surface area (Å²) in [5, 5.41) is 8.14. The molecule has 2 aliphatic rings. The second-order valence-corrected chi connectivity index (χ2v) is 6.39. The first-order chi connectivity index (χ1) is 9.72. The Labute approximate surface area is 119 Å². The lowest BCUT2D eigenvalue weighted by atomic mass is 10.0. The van der Waals surface area contributed by atoms with E-state index in [1.807, 2.05) is 16.9 Å². The average molecular weight is 271 g/mol. The fraction of sp³-hybridized carbons (Fsp3) is 0.600. The Bertz CT molecular complexity index is 620. The third-order valence-corrected chi connectivity index (χ3v) is 4.67. The van der Waals surface area contributed by atoms with E-state index >= 15 is 0 Å². The molecule has 106 valence electrons. The zero-order valence-electron chi connectivity index (χ0n) is 12.1. The van der Waals surface area contributed by atoms with E-state index in [1.54, 1.807) is 0 Å². The van der Waals surface area contributed by atoms with Gasteiger partial charge in [-0.2, -0.15) is 5.10 Å². The molecule has 0 radical (unpaired) electrons. The van der Waals surface area contributed by atoms with Crippen LogP contribution in [0.5, 0.6) is 0 Å². The third-order valence-electron chi connectivity index (χ3n) is 4.67. The molecule has 2 atom stereocenters. The van der Waals surface area contributed by atoms with Crippen LogP contribution in [0.1, 0.15) is 25.5 Å². The number of nitrogens with zero attached hydrogens (tertiary/aromatic N) is 4. The molecule has 5 heteroatoms. The lowest BCUT2D eigenvalue weighted by Crippen LogP contribution is -2.26. The zero-order chi connectivity index (χ0) is 13.7. The second kappa shape index (κ2) is 4.45. The van der Waals surface area contributed by atoms with Gasteiger partial charge < -0.3 is 10.2 Å². The van der Waals surface area contributed by atoms with E-state index in [0.717, 1.165) is 55.0 Å². The summed E-state index contributed by atoms with van der Waals surface area (Å²) in [7, 11) is 0. The van der Waals surface area contributed by atoms with Crippen molar-refractivity contribution >= 4 is 11.3 Å². The van der Waals surface area contributed by atoms with Crippen molar-refractivity contribution in [2.75, 3.05) is 31.1 Å². The lowest BCUT2D eigenvalue weighted by Gasteiger charge is -2.19. The van der Waals surface area contributed by atoms with E-state index in [4.69, 9.17) is 0 Å². The highest BCUT2D eigenvalue weighted by atomic mass is 15.3. The van der Waals surface area contributed by atoms with Crippen LogP contribution in [0, 0.1) is 11.8 Å². The van der Waals surface area contributed by atoms with Crippen molar-refractivity contribution in [2.24, 2.45) is 11.8 Å². The summed E-state index contributed by atoms with van der Waals surface area (Å²) in [4.78, 5) is 7.08. The molecule has 0 aliphatic carbocycles. The monoisotopic (exact) mass is 271 g/mol. The summed E-state index contributed by atoms with van der Waals surface area (Å²) >= 11 is 0. The van der Waals surface area contributed by atoms with E-state index in [0.29, 0.717) is 5.92 Å². The van der Waals surface area contributed by atoms with E-state index in [-0.39, 0.29) is 0 Å². The van der Waals surface area contributed by atoms with Gasteiger partial charge in [-0.25, -0.2) is 9.50 Å². The molecular weight excluding hydrogens is 250 g/mol. The minimum atomic E-state index is 0.449. The number of hydrogen-bond acceptors (Lipinski definition) is 4. The van der Waals surface area contributed by atoms with E-state index < -0.39 is 0 Å². The number of anilines is 1. The van der Waals surface area contributed by atoms with Crippen molar-refractivity contribution < 1.29 is 0 Å². The average Bonchev–Trinajstić information content (AvgIpc) is 3.11. The Morgan fingerprint density at radius 3 is 2.70 bits per heavy atom. The minimum absolute atomic E-state index is 0.449. The highest BCUT2D eigenvalue weighted by Gasteiger charge is 2.37. The van der Waals surface area contributed by atoms with Gasteiger partial charge in [0, 0.05) is 38.6 Å². The first kappa shape index (κ1) is 12.1. The Hall–Kier alpha value is -1.62. The molecule has 1 N–H and O–H groups in total. The van der Waals surface area contributed by atoms with Crippen LogP contribution in [0.3, 0.4) is 0 Å². The van der Waals surface area contributed by atoms with Gasteiger partial charge in [-0.1, -0.05) is 13.8 Å². The molecule has 0 amide bonds. The maximum atomic E-state index is 4.65. The standard InChI is InChI=1S/C15H21N5/c1-10(2)13-5-14-15(17-3-4-20(14)18-13)19-8-11-6-16-7-12(11)9-19/h3-5,10-12,16H,6-9H2,1-2H3. The Kier molecular flexibility index (Phi) is 2.70. The van der Waals surface area contributed by atoms with Gasteiger partial charge in [0.25, 0.3) is 0 Å². The zero-order valence-corrected chi connectivity index (χ0v) is 12.1. The van der Waals surface area contributed by atoms with Crippen LogP contribution in [0.15, 0.2) is 18.5 Å². The smallest absolute Gasteiger partial charge is 0.154 e. The quantitative estimate of drug-likeness (QED) is 0.899. The molecule has 0 aromatic carbocycles. The predicted octanol–water partition coefficient (Wildman–Crippen LogP) is 1.51. The number of fused-ring (bicyclic) bond motifs is 2. The molecule has 0 bridgehead atoms. The van der Waals surface area contributed by atoms with Crippen LogP contribution in [0.4, 0.5) is 5.82 Å². The molecule has 2 unspecified atom stereocenters. The number of hydrogen-bond donors (Lipinski definition) is 1. The summed E-state index contributed by atoms with van der Waals surface area (Å²) in [6, 6.07) is 2.19. The van der Waals surface area contributed by atoms with Crippen molar-refractivity contribution in [3.8, 4) is 0 Å². The molecule has 2 aromatic rings. The van der Waals surface area contributed by atoms with Crippen LogP contribution >= 0.6 is 0 Å². The Morgan fingerprint density at radius 2 is 2.00 bits per heavy atom. The van der Waals surface area contributed by atoms with Crippen molar-refractivity contribution in [3.05, 3.63) is 24.2 Å². The summed E-state index contributed by atoms with van der Waals surface area (Å²) in [5.74, 6) is 3.11. The summed E-state index contributed by atoms with van der Waals surface area (Å²) < 4.78 is 1.98. The van der Waals surface area contributed by atoms with Gasteiger partial charge in [0.15, 0.2) is 5.82 Å². The molecular formula is C15H21N5. The normalized spacial score (nSPS) is 25.9. The third kappa shape index (κ3) is 1.80. The minimum Gasteiger partial charge on any atom is -0.354 e. The Balaban J connectivity index is 1.72. The SMILES string of the molecule is CC(C)c1cc2c(N3CC4CNCC4C3)nccn2n1. The highest BCUT2D eigenvalue weighted by molar-refractivity contribution is 5.69. The summed E-state index contributed by atoms with van der Waals surface area (Å²) in [6.45, 7) is 8.90. The Morgan fingerprint density at radius 1 is 1.25 bits per heavy atom. The number of rotatable bonds is 2. The van der Waals surface area contributed by atoms with E-state index in [2.05, 4.69) is 40.2 Å². The van der Waals surface area contributed by atoms with Crippen molar-refractivity contribution in [3.63, 3.8) is 0 Å².